The molecule has 35 heavy (non-hydrogen) atoms. The highest BCUT2D eigenvalue weighted by Crippen LogP contribution is 2.44. The van der Waals surface area contributed by atoms with Crippen LogP contribution in [0.15, 0.2) is 36.5 Å². The first kappa shape index (κ1) is 24.9. The summed E-state index contributed by atoms with van der Waals surface area (Å²) in [7, 11) is -5.78. The Kier molecular flexibility index (Phi) is 6.22. The molecule has 1 aromatic heterocycles. The number of hydrogen-bond donors (Lipinski definition) is 1. The first-order valence-electron chi connectivity index (χ1n) is 10.6. The Bertz CT molecular complexity index is 1550. The lowest BCUT2D eigenvalue weighted by Crippen LogP contribution is -2.29. The van der Waals surface area contributed by atoms with Gasteiger partial charge in [0.15, 0.2) is 5.75 Å². The van der Waals surface area contributed by atoms with E-state index in [-0.39, 0.29) is 52.7 Å². The van der Waals surface area contributed by atoms with Crippen LogP contribution >= 0.6 is 0 Å². The number of fused-ring (bicyclic) bond motifs is 2. The number of carbonyl (C=O) groups is 1. The van der Waals surface area contributed by atoms with E-state index in [0.717, 1.165) is 22.4 Å². The van der Waals surface area contributed by atoms with Crippen molar-refractivity contribution < 1.29 is 31.1 Å². The quantitative estimate of drug-likeness (QED) is 0.505. The summed E-state index contributed by atoms with van der Waals surface area (Å²) in [5.74, 6) is -1.62. The van der Waals surface area contributed by atoms with Crippen molar-refractivity contribution in [2.24, 2.45) is 0 Å². The summed E-state index contributed by atoms with van der Waals surface area (Å²) in [5.41, 5.74) is 1.93. The van der Waals surface area contributed by atoms with Gasteiger partial charge in [-0.3, -0.25) is 14.1 Å². The highest BCUT2D eigenvalue weighted by atomic mass is 32.2. The number of sulfone groups is 1. The van der Waals surface area contributed by atoms with Gasteiger partial charge < -0.3 is 10.0 Å². The molecule has 0 atom stereocenters. The molecule has 0 radical (unpaired) electrons. The number of hydrogen-bond acceptors (Lipinski definition) is 7. The van der Waals surface area contributed by atoms with Crippen LogP contribution in [0, 0.1) is 5.82 Å². The van der Waals surface area contributed by atoms with Crippen molar-refractivity contribution in [3.63, 3.8) is 0 Å². The van der Waals surface area contributed by atoms with Crippen molar-refractivity contribution in [1.82, 2.24) is 9.88 Å². The average molecular weight is 522 g/mol. The molecule has 0 fully saturated rings. The zero-order chi connectivity index (χ0) is 25.7. The SMILES string of the molecule is CN(c1c2c(c(O)c3ncc(Cc4ccc(F)cc4)cc13)C(=O)N(CCS(C)(=O)=O)C2)S(C)(=O)=O. The Balaban J connectivity index is 1.89. The maximum Gasteiger partial charge on any atom is 0.258 e. The molecular formula is C23H24FN3O6S2. The third kappa shape index (κ3) is 4.94. The highest BCUT2D eigenvalue weighted by Gasteiger charge is 2.37. The smallest absolute Gasteiger partial charge is 0.258 e. The van der Waals surface area contributed by atoms with Crippen molar-refractivity contribution in [2.45, 2.75) is 13.0 Å². The van der Waals surface area contributed by atoms with E-state index in [1.807, 2.05) is 0 Å². The predicted molar refractivity (Wildman–Crippen MR) is 130 cm³/mol. The minimum atomic E-state index is -3.77. The van der Waals surface area contributed by atoms with E-state index in [0.29, 0.717) is 17.4 Å². The molecule has 3 aromatic rings. The van der Waals surface area contributed by atoms with Crippen LogP contribution in [-0.4, -0.2) is 69.6 Å². The molecule has 0 aliphatic carbocycles. The van der Waals surface area contributed by atoms with Crippen LogP contribution in [0.1, 0.15) is 27.0 Å². The number of pyridine rings is 1. The number of anilines is 1. The number of carbonyl (C=O) groups excluding carboxylic acids is 1. The number of sulfonamides is 1. The fourth-order valence-electron chi connectivity index (χ4n) is 4.14. The molecule has 1 aliphatic rings. The van der Waals surface area contributed by atoms with Crippen molar-refractivity contribution >= 4 is 42.4 Å². The Morgan fingerprint density at radius 2 is 1.77 bits per heavy atom. The summed E-state index contributed by atoms with van der Waals surface area (Å²) in [6, 6.07) is 7.61. The molecule has 0 unspecified atom stereocenters. The summed E-state index contributed by atoms with van der Waals surface area (Å²) >= 11 is 0. The second-order valence-electron chi connectivity index (χ2n) is 8.68. The van der Waals surface area contributed by atoms with Crippen molar-refractivity contribution in [3.8, 4) is 5.75 Å². The monoisotopic (exact) mass is 521 g/mol. The summed E-state index contributed by atoms with van der Waals surface area (Å²) in [5, 5.41) is 11.3. The maximum atomic E-state index is 13.3. The van der Waals surface area contributed by atoms with Crippen molar-refractivity contribution in [2.75, 3.05) is 36.2 Å². The number of aromatic nitrogens is 1. The molecule has 4 rings (SSSR count). The average Bonchev–Trinajstić information content (AvgIpc) is 3.09. The third-order valence-electron chi connectivity index (χ3n) is 5.96. The minimum absolute atomic E-state index is 0.0513. The Labute approximate surface area is 202 Å². The molecular weight excluding hydrogens is 497 g/mol. The van der Waals surface area contributed by atoms with Gasteiger partial charge in [0.2, 0.25) is 10.0 Å². The molecule has 0 bridgehead atoms. The normalized spacial score (nSPS) is 13.9. The van der Waals surface area contributed by atoms with E-state index in [4.69, 9.17) is 0 Å². The number of nitrogens with zero attached hydrogens (tertiary/aromatic N) is 3. The molecule has 0 spiro atoms. The van der Waals surface area contributed by atoms with Gasteiger partial charge in [-0.15, -0.1) is 0 Å². The zero-order valence-electron chi connectivity index (χ0n) is 19.3. The third-order valence-corrected chi connectivity index (χ3v) is 8.07. The van der Waals surface area contributed by atoms with E-state index in [1.165, 1.54) is 30.3 Å². The molecule has 1 amide bonds. The van der Waals surface area contributed by atoms with Crippen LogP contribution in [0.3, 0.4) is 0 Å². The fourth-order valence-corrected chi connectivity index (χ4v) is 5.23. The second-order valence-corrected chi connectivity index (χ2v) is 13.0. The fraction of sp³-hybridized carbons (Fsp3) is 0.304. The van der Waals surface area contributed by atoms with Gasteiger partial charge in [0.25, 0.3) is 5.91 Å². The molecule has 1 N–H and O–H groups in total. The molecule has 1 aliphatic heterocycles. The van der Waals surface area contributed by atoms with Gasteiger partial charge in [-0.25, -0.2) is 21.2 Å². The second kappa shape index (κ2) is 8.76. The van der Waals surface area contributed by atoms with Gasteiger partial charge in [0, 0.05) is 43.5 Å². The van der Waals surface area contributed by atoms with Gasteiger partial charge in [-0.05, 0) is 35.7 Å². The highest BCUT2D eigenvalue weighted by molar-refractivity contribution is 7.92. The minimum Gasteiger partial charge on any atom is -0.505 e. The summed E-state index contributed by atoms with van der Waals surface area (Å²) in [6.45, 7) is -0.169. The van der Waals surface area contributed by atoms with Crippen molar-refractivity contribution in [1.29, 1.82) is 0 Å². The van der Waals surface area contributed by atoms with E-state index in [9.17, 15) is 31.1 Å². The zero-order valence-corrected chi connectivity index (χ0v) is 21.0. The van der Waals surface area contributed by atoms with Gasteiger partial charge in [0.1, 0.15) is 21.2 Å². The molecule has 186 valence electrons. The Morgan fingerprint density at radius 3 is 2.37 bits per heavy atom. The molecule has 2 heterocycles. The summed E-state index contributed by atoms with van der Waals surface area (Å²) in [4.78, 5) is 18.7. The lowest BCUT2D eigenvalue weighted by atomic mass is 9.98. The topological polar surface area (TPSA) is 125 Å². The van der Waals surface area contributed by atoms with Gasteiger partial charge in [-0.1, -0.05) is 12.1 Å². The maximum absolute atomic E-state index is 13.3. The van der Waals surface area contributed by atoms with Gasteiger partial charge >= 0.3 is 0 Å². The number of phenols is 1. The van der Waals surface area contributed by atoms with Crippen LogP contribution in [-0.2, 0) is 32.8 Å². The van der Waals surface area contributed by atoms with Crippen LogP contribution in [0.2, 0.25) is 0 Å². The van der Waals surface area contributed by atoms with Crippen LogP contribution in [0.5, 0.6) is 5.75 Å². The molecule has 2 aromatic carbocycles. The number of amides is 1. The predicted octanol–water partition coefficient (Wildman–Crippen LogP) is 2.07. The van der Waals surface area contributed by atoms with E-state index < -0.39 is 25.8 Å². The van der Waals surface area contributed by atoms with Crippen LogP contribution in [0.25, 0.3) is 10.9 Å². The van der Waals surface area contributed by atoms with E-state index in [2.05, 4.69) is 4.98 Å². The van der Waals surface area contributed by atoms with E-state index in [1.54, 1.807) is 18.2 Å². The van der Waals surface area contributed by atoms with Crippen LogP contribution < -0.4 is 4.31 Å². The largest absolute Gasteiger partial charge is 0.505 e. The lowest BCUT2D eigenvalue weighted by molar-refractivity contribution is 0.0786. The van der Waals surface area contributed by atoms with Crippen LogP contribution in [0.4, 0.5) is 10.1 Å². The van der Waals surface area contributed by atoms with Gasteiger partial charge in [-0.2, -0.15) is 0 Å². The molecule has 0 saturated heterocycles. The standard InChI is InChI=1S/C23H24FN3O6S2/c1-26(35(3,32)33)21-17-11-15(10-14-4-6-16(24)7-5-14)12-25-20(17)22(28)19-18(21)13-27(23(19)29)8-9-34(2,30)31/h4-7,11-12,28H,8-10,13H2,1-3H3. The molecule has 12 heteroatoms. The number of benzene rings is 2. The summed E-state index contributed by atoms with van der Waals surface area (Å²) in [6.07, 6.45) is 3.96. The first-order chi connectivity index (χ1) is 16.3. The number of aromatic hydroxyl groups is 1. The number of phenolic OH excluding ortho intramolecular Hbond substituents is 1. The lowest BCUT2D eigenvalue weighted by Gasteiger charge is -2.23. The molecule has 9 nitrogen and oxygen atoms in total. The Morgan fingerprint density at radius 1 is 1.11 bits per heavy atom. The van der Waals surface area contributed by atoms with E-state index >= 15 is 0 Å². The first-order valence-corrected chi connectivity index (χ1v) is 14.5. The summed E-state index contributed by atoms with van der Waals surface area (Å²) < 4.78 is 62.6. The van der Waals surface area contributed by atoms with Crippen molar-refractivity contribution in [3.05, 3.63) is 64.6 Å². The molecule has 0 saturated carbocycles. The number of halogens is 1. The Hall–Kier alpha value is -3.25. The number of rotatable bonds is 7. The van der Waals surface area contributed by atoms with Gasteiger partial charge in [0.05, 0.1) is 23.3 Å².